The van der Waals surface area contributed by atoms with Crippen molar-refractivity contribution < 1.29 is 0 Å². The molecule has 6 aromatic carbocycles. The van der Waals surface area contributed by atoms with Crippen LogP contribution in [0, 0.1) is 0 Å². The second-order valence-electron chi connectivity index (χ2n) is 11.6. The number of fused-ring (bicyclic) bond motifs is 2. The number of aliphatic imine (C=N–C) groups is 2. The molecule has 0 saturated carbocycles. The van der Waals surface area contributed by atoms with Gasteiger partial charge in [0.25, 0.3) is 0 Å². The van der Waals surface area contributed by atoms with Gasteiger partial charge in [0.1, 0.15) is 0 Å². The minimum Gasteiger partial charge on any atom is -0.438 e. The topological polar surface area (TPSA) is 65.8 Å². The maximum atomic E-state index is 12.6. The fourth-order valence-electron chi connectivity index (χ4n) is 6.35. The first-order valence-corrected chi connectivity index (χ1v) is 15.3. The van der Waals surface area contributed by atoms with Crippen molar-refractivity contribution in [3.8, 4) is 22.3 Å². The summed E-state index contributed by atoms with van der Waals surface area (Å²) in [5.41, 5.74) is 8.84. The van der Waals surface area contributed by atoms with E-state index in [9.17, 15) is 4.79 Å². The molecule has 1 aliphatic heterocycles. The van der Waals surface area contributed by atoms with E-state index in [1.165, 1.54) is 0 Å². The lowest BCUT2D eigenvalue weighted by Gasteiger charge is -2.33. The van der Waals surface area contributed by atoms with Crippen molar-refractivity contribution in [2.75, 3.05) is 0 Å². The molecule has 1 aliphatic rings. The highest BCUT2D eigenvalue weighted by Crippen LogP contribution is 2.37. The first-order valence-electron chi connectivity index (χ1n) is 15.3. The van der Waals surface area contributed by atoms with Crippen LogP contribution in [0.5, 0.6) is 0 Å². The molecule has 0 N–H and O–H groups in total. The van der Waals surface area contributed by atoms with E-state index in [0.717, 1.165) is 60.8 Å². The number of nitrogens with zero attached hydrogens (tertiary/aromatic N) is 5. The Balaban J connectivity index is 1.30. The lowest BCUT2D eigenvalue weighted by atomic mass is 9.93. The van der Waals surface area contributed by atoms with Gasteiger partial charge in [-0.25, -0.2) is 4.79 Å². The number of hydrogen-bond acceptors (Lipinski definition) is 3. The van der Waals surface area contributed by atoms with Crippen LogP contribution in [0.2, 0.25) is 0 Å². The van der Waals surface area contributed by atoms with Crippen LogP contribution in [0.1, 0.15) is 22.9 Å². The Kier molecular flexibility index (Phi) is 6.68. The van der Waals surface area contributed by atoms with Gasteiger partial charge in [-0.1, -0.05) is 127 Å². The minimum absolute atomic E-state index is 0.0432. The molecule has 1 unspecified atom stereocenters. The molecule has 8 rings (SSSR count). The predicted molar refractivity (Wildman–Crippen MR) is 189 cm³/mol. The third kappa shape index (κ3) is 4.72. The second-order valence-corrected chi connectivity index (χ2v) is 11.6. The van der Waals surface area contributed by atoms with Gasteiger partial charge in [0, 0.05) is 19.7 Å². The van der Waals surface area contributed by atoms with Crippen molar-refractivity contribution in [2.24, 2.45) is 24.1 Å². The molecule has 1 atom stereocenters. The van der Waals surface area contributed by atoms with Gasteiger partial charge in [0.2, 0.25) is 0 Å². The number of aromatic nitrogens is 2. The molecule has 0 saturated heterocycles. The smallest absolute Gasteiger partial charge is 0.328 e. The highest BCUT2D eigenvalue weighted by molar-refractivity contribution is 6.23. The molecule has 0 aliphatic carbocycles. The number of benzene rings is 6. The van der Waals surface area contributed by atoms with Crippen LogP contribution in [-0.2, 0) is 14.1 Å². The Hall–Kier alpha value is -6.01. The van der Waals surface area contributed by atoms with Crippen molar-refractivity contribution in [1.29, 1.82) is 0 Å². The van der Waals surface area contributed by atoms with E-state index >= 15 is 0 Å². The Labute approximate surface area is 266 Å². The highest BCUT2D eigenvalue weighted by Gasteiger charge is 2.18. The van der Waals surface area contributed by atoms with Crippen LogP contribution in [0.4, 0.5) is 0 Å². The van der Waals surface area contributed by atoms with Crippen molar-refractivity contribution in [3.05, 3.63) is 172 Å². The Morgan fingerprint density at radius 3 is 2.11 bits per heavy atom. The summed E-state index contributed by atoms with van der Waals surface area (Å²) in [6, 6.07) is 47.7. The SMILES string of the molecule is Cn1c(=O)n(C)c2cc(-c3cccc(C4=NC(c5c(-c6ccccc6)ccc6ccccc56)=NC(c5ccccc5)[N-]4)c3)ccc21. The highest BCUT2D eigenvalue weighted by atomic mass is 16.1. The Morgan fingerprint density at radius 1 is 0.609 bits per heavy atom. The Morgan fingerprint density at radius 2 is 1.28 bits per heavy atom. The fraction of sp³-hybridized carbons (Fsp3) is 0.0750. The van der Waals surface area contributed by atoms with E-state index in [2.05, 4.69) is 103 Å². The molecular weight excluding hydrogens is 566 g/mol. The molecular formula is C40H30N5O-. The molecule has 0 spiro atoms. The average molecular weight is 597 g/mol. The van der Waals surface area contributed by atoms with Crippen molar-refractivity contribution in [1.82, 2.24) is 9.13 Å². The van der Waals surface area contributed by atoms with E-state index in [-0.39, 0.29) is 5.69 Å². The third-order valence-corrected chi connectivity index (χ3v) is 8.76. The van der Waals surface area contributed by atoms with Crippen LogP contribution in [0.25, 0.3) is 49.4 Å². The van der Waals surface area contributed by atoms with Crippen LogP contribution in [0.3, 0.4) is 0 Å². The molecule has 0 bridgehead atoms. The Bertz CT molecular complexity index is 2380. The average Bonchev–Trinajstić information content (AvgIpc) is 3.34. The van der Waals surface area contributed by atoms with Crippen molar-refractivity contribution in [2.45, 2.75) is 6.17 Å². The maximum Gasteiger partial charge on any atom is 0.328 e. The number of aryl methyl sites for hydroxylation is 2. The van der Waals surface area contributed by atoms with E-state index < -0.39 is 6.17 Å². The fourth-order valence-corrected chi connectivity index (χ4v) is 6.35. The summed E-state index contributed by atoms with van der Waals surface area (Å²) in [6.45, 7) is 0. The largest absolute Gasteiger partial charge is 0.438 e. The zero-order chi connectivity index (χ0) is 31.2. The summed E-state index contributed by atoms with van der Waals surface area (Å²) in [5, 5.41) is 7.33. The van der Waals surface area contributed by atoms with E-state index in [1.54, 1.807) is 16.2 Å². The van der Waals surface area contributed by atoms with E-state index in [4.69, 9.17) is 15.3 Å². The summed E-state index contributed by atoms with van der Waals surface area (Å²) in [4.78, 5) is 23.0. The quantitative estimate of drug-likeness (QED) is 0.196. The normalized spacial score (nSPS) is 14.6. The van der Waals surface area contributed by atoms with Crippen molar-refractivity contribution >= 4 is 33.5 Å². The monoisotopic (exact) mass is 596 g/mol. The lowest BCUT2D eigenvalue weighted by Crippen LogP contribution is -2.19. The zero-order valence-electron chi connectivity index (χ0n) is 25.5. The number of rotatable bonds is 5. The van der Waals surface area contributed by atoms with Crippen molar-refractivity contribution in [3.63, 3.8) is 0 Å². The predicted octanol–water partition coefficient (Wildman–Crippen LogP) is 8.64. The number of amidine groups is 2. The summed E-state index contributed by atoms with van der Waals surface area (Å²) in [6.07, 6.45) is -0.454. The summed E-state index contributed by atoms with van der Waals surface area (Å²) in [5.74, 6) is 1.28. The van der Waals surface area contributed by atoms with Gasteiger partial charge in [-0.05, 0) is 62.4 Å². The molecule has 46 heavy (non-hydrogen) atoms. The van der Waals surface area contributed by atoms with Gasteiger partial charge in [0.05, 0.1) is 23.0 Å². The van der Waals surface area contributed by atoms with Gasteiger partial charge >= 0.3 is 5.69 Å². The van der Waals surface area contributed by atoms with Gasteiger partial charge in [-0.3, -0.25) is 14.1 Å². The van der Waals surface area contributed by atoms with Gasteiger partial charge in [-0.15, -0.1) is 0 Å². The molecule has 0 amide bonds. The number of hydrogen-bond donors (Lipinski definition) is 0. The summed E-state index contributed by atoms with van der Waals surface area (Å²) >= 11 is 0. The molecule has 2 heterocycles. The van der Waals surface area contributed by atoms with E-state index in [1.807, 2.05) is 43.4 Å². The summed E-state index contributed by atoms with van der Waals surface area (Å²) < 4.78 is 3.36. The molecule has 7 aromatic rings. The van der Waals surface area contributed by atoms with Gasteiger partial charge < -0.3 is 10.3 Å². The van der Waals surface area contributed by atoms with Crippen LogP contribution < -0.4 is 5.69 Å². The standard InChI is InChI=1S/C40H30N5O/c1-44-34-23-21-30(25-35(34)45(2)40(44)46)29-17-11-18-31(24-29)38-41-37(28-15-7-4-8-16-28)42-39(43-38)36-32-19-10-9-14-27(32)20-22-33(36)26-12-5-3-6-13-26/h3-25,37H,1-2H3/q-1. The molecule has 0 fully saturated rings. The first-order chi connectivity index (χ1) is 22.5. The van der Waals surface area contributed by atoms with Crippen LogP contribution >= 0.6 is 0 Å². The molecule has 1 aromatic heterocycles. The third-order valence-electron chi connectivity index (χ3n) is 8.76. The van der Waals surface area contributed by atoms with E-state index in [0.29, 0.717) is 11.7 Å². The molecule has 0 radical (unpaired) electrons. The lowest BCUT2D eigenvalue weighted by molar-refractivity contribution is 0.795. The second kappa shape index (κ2) is 11.2. The summed E-state index contributed by atoms with van der Waals surface area (Å²) in [7, 11) is 3.61. The van der Waals surface area contributed by atoms with Crippen LogP contribution in [-0.4, -0.2) is 20.8 Å². The first kappa shape index (κ1) is 27.5. The minimum atomic E-state index is -0.454. The van der Waals surface area contributed by atoms with Gasteiger partial charge in [0.15, 0.2) is 0 Å². The zero-order valence-corrected chi connectivity index (χ0v) is 25.5. The molecule has 6 nitrogen and oxygen atoms in total. The molecule has 222 valence electrons. The number of imidazole rings is 1. The molecule has 6 heteroatoms. The maximum absolute atomic E-state index is 12.6. The van der Waals surface area contributed by atoms with Crippen LogP contribution in [0.15, 0.2) is 154 Å². The van der Waals surface area contributed by atoms with Gasteiger partial charge in [-0.2, -0.15) is 0 Å².